The number of benzene rings is 3. The number of aromatic nitrogens is 2. The molecule has 0 bridgehead atoms. The summed E-state index contributed by atoms with van der Waals surface area (Å²) in [5.74, 6) is 0.166. The van der Waals surface area contributed by atoms with Crippen molar-refractivity contribution < 1.29 is 23.0 Å². The number of H-pyrrole nitrogens is 1. The number of aromatic hydroxyl groups is 1. The molecule has 0 unspecified atom stereocenters. The van der Waals surface area contributed by atoms with Crippen LogP contribution in [0.15, 0.2) is 66.7 Å². The Balaban J connectivity index is 1.76. The van der Waals surface area contributed by atoms with E-state index in [2.05, 4.69) is 5.10 Å². The lowest BCUT2D eigenvalue weighted by Crippen LogP contribution is -2.04. The molecule has 164 valence electrons. The summed E-state index contributed by atoms with van der Waals surface area (Å²) in [7, 11) is 0. The molecule has 0 atom stereocenters. The third-order valence-electron chi connectivity index (χ3n) is 4.95. The van der Waals surface area contributed by atoms with Crippen molar-refractivity contribution in [3.63, 3.8) is 0 Å². The van der Waals surface area contributed by atoms with Gasteiger partial charge >= 0.3 is 6.18 Å². The summed E-state index contributed by atoms with van der Waals surface area (Å²) in [6.07, 6.45) is -4.57. The summed E-state index contributed by atoms with van der Waals surface area (Å²) in [6, 6.07) is 18.5. The molecule has 3 aromatic carbocycles. The number of aryl methyl sites for hydroxylation is 1. The molecule has 4 aromatic rings. The molecule has 4 rings (SSSR count). The molecule has 0 aliphatic heterocycles. The van der Waals surface area contributed by atoms with Crippen molar-refractivity contribution in [3.8, 4) is 33.9 Å². The van der Waals surface area contributed by atoms with Gasteiger partial charge in [-0.3, -0.25) is 5.10 Å². The van der Waals surface area contributed by atoms with E-state index in [-0.39, 0.29) is 23.6 Å². The highest BCUT2D eigenvalue weighted by molar-refractivity contribution is 6.30. The van der Waals surface area contributed by atoms with Gasteiger partial charge in [-0.25, -0.2) is 0 Å². The Labute approximate surface area is 187 Å². The van der Waals surface area contributed by atoms with Crippen LogP contribution in [0.25, 0.3) is 22.4 Å². The monoisotopic (exact) mass is 458 g/mol. The minimum Gasteiger partial charge on any atom is -0.506 e. The van der Waals surface area contributed by atoms with Crippen molar-refractivity contribution in [3.05, 3.63) is 88.6 Å². The van der Waals surface area contributed by atoms with Crippen LogP contribution >= 0.6 is 11.6 Å². The van der Waals surface area contributed by atoms with Gasteiger partial charge in [0.05, 0.1) is 11.3 Å². The number of hydrogen-bond donors (Lipinski definition) is 2. The van der Waals surface area contributed by atoms with Crippen molar-refractivity contribution in [1.29, 1.82) is 0 Å². The molecule has 4 nitrogen and oxygen atoms in total. The number of aromatic amines is 1. The Morgan fingerprint density at radius 1 is 1.00 bits per heavy atom. The van der Waals surface area contributed by atoms with Crippen LogP contribution in [-0.2, 0) is 12.8 Å². The molecule has 1 heterocycles. The Hall–Kier alpha value is -3.45. The molecule has 0 radical (unpaired) electrons. The zero-order valence-corrected chi connectivity index (χ0v) is 17.6. The van der Waals surface area contributed by atoms with Crippen molar-refractivity contribution in [2.75, 3.05) is 0 Å². The SMILES string of the molecule is Cc1ccc(-c2c(OCc3ccc(Cl)cc3)ccc(-c3cc(C(F)(F)F)[nH]n3)c2O)cc1. The minimum atomic E-state index is -4.57. The number of alkyl halides is 3. The van der Waals surface area contributed by atoms with E-state index in [0.29, 0.717) is 21.9 Å². The fraction of sp³-hybridized carbons (Fsp3) is 0.125. The predicted octanol–water partition coefficient (Wildman–Crippen LogP) is 7.01. The van der Waals surface area contributed by atoms with Gasteiger partial charge in [-0.2, -0.15) is 18.3 Å². The Morgan fingerprint density at radius 2 is 1.69 bits per heavy atom. The number of rotatable bonds is 5. The number of nitrogens with zero attached hydrogens (tertiary/aromatic N) is 1. The summed E-state index contributed by atoms with van der Waals surface area (Å²) < 4.78 is 44.9. The largest absolute Gasteiger partial charge is 0.506 e. The molecule has 0 saturated carbocycles. The third kappa shape index (κ3) is 4.57. The van der Waals surface area contributed by atoms with Crippen LogP contribution in [0.2, 0.25) is 5.02 Å². The van der Waals surface area contributed by atoms with Crippen LogP contribution in [0.5, 0.6) is 11.5 Å². The average Bonchev–Trinajstić information content (AvgIpc) is 3.25. The molecule has 0 saturated heterocycles. The topological polar surface area (TPSA) is 58.1 Å². The maximum atomic E-state index is 13.0. The van der Waals surface area contributed by atoms with Crippen LogP contribution < -0.4 is 4.74 Å². The molecule has 8 heteroatoms. The van der Waals surface area contributed by atoms with E-state index in [1.807, 2.05) is 48.4 Å². The Bertz CT molecular complexity index is 1230. The van der Waals surface area contributed by atoms with E-state index < -0.39 is 11.9 Å². The van der Waals surface area contributed by atoms with E-state index >= 15 is 0 Å². The van der Waals surface area contributed by atoms with Crippen molar-refractivity contribution in [2.24, 2.45) is 0 Å². The molecular formula is C24H18ClF3N2O2. The summed E-state index contributed by atoms with van der Waals surface area (Å²) >= 11 is 5.92. The second kappa shape index (κ2) is 8.59. The summed E-state index contributed by atoms with van der Waals surface area (Å²) in [5.41, 5.74) is 2.07. The maximum Gasteiger partial charge on any atom is 0.432 e. The molecule has 0 aliphatic rings. The van der Waals surface area contributed by atoms with Crippen molar-refractivity contribution in [2.45, 2.75) is 19.7 Å². The van der Waals surface area contributed by atoms with Crippen molar-refractivity contribution in [1.82, 2.24) is 10.2 Å². The molecule has 0 spiro atoms. The van der Waals surface area contributed by atoms with E-state index in [0.717, 1.165) is 17.2 Å². The lowest BCUT2D eigenvalue weighted by Gasteiger charge is -2.16. The number of hydrogen-bond acceptors (Lipinski definition) is 3. The first kappa shape index (κ1) is 21.8. The standard InChI is InChI=1S/C24H18ClF3N2O2/c1-14-2-6-16(7-3-14)22-20(32-13-15-4-8-17(25)9-5-15)11-10-18(23(22)31)19-12-21(30-29-19)24(26,27)28/h2-12,31H,13H2,1H3,(H,29,30). The van der Waals surface area contributed by atoms with E-state index in [4.69, 9.17) is 16.3 Å². The lowest BCUT2D eigenvalue weighted by molar-refractivity contribution is -0.141. The lowest BCUT2D eigenvalue weighted by atomic mass is 9.98. The fourth-order valence-corrected chi connectivity index (χ4v) is 3.37. The summed E-state index contributed by atoms with van der Waals surface area (Å²) in [4.78, 5) is 0. The second-order valence-electron chi connectivity index (χ2n) is 7.28. The van der Waals surface area contributed by atoms with Crippen molar-refractivity contribution >= 4 is 11.6 Å². The molecule has 1 aromatic heterocycles. The van der Waals surface area contributed by atoms with Crippen LogP contribution in [-0.4, -0.2) is 15.3 Å². The number of nitrogens with one attached hydrogen (secondary N) is 1. The van der Waals surface area contributed by atoms with Crippen LogP contribution in [0.3, 0.4) is 0 Å². The summed E-state index contributed by atoms with van der Waals surface area (Å²) in [5, 5.41) is 17.4. The molecule has 2 N–H and O–H groups in total. The van der Waals surface area contributed by atoms with Crippen LogP contribution in [0.4, 0.5) is 13.2 Å². The van der Waals surface area contributed by atoms with E-state index in [1.165, 1.54) is 6.07 Å². The number of phenols is 1. The number of halogens is 4. The number of phenolic OH excluding ortho intramolecular Hbond substituents is 1. The quantitative estimate of drug-likeness (QED) is 0.338. The highest BCUT2D eigenvalue weighted by Gasteiger charge is 2.33. The first-order chi connectivity index (χ1) is 15.2. The minimum absolute atomic E-state index is 0.0209. The van der Waals surface area contributed by atoms with Crippen LogP contribution in [0, 0.1) is 6.92 Å². The number of ether oxygens (including phenoxy) is 1. The van der Waals surface area contributed by atoms with E-state index in [1.54, 1.807) is 18.2 Å². The van der Waals surface area contributed by atoms with Crippen LogP contribution in [0.1, 0.15) is 16.8 Å². The van der Waals surface area contributed by atoms with Gasteiger partial charge in [0, 0.05) is 10.6 Å². The molecular weight excluding hydrogens is 441 g/mol. The van der Waals surface area contributed by atoms with Gasteiger partial charge in [0.1, 0.15) is 23.8 Å². The fourth-order valence-electron chi connectivity index (χ4n) is 3.25. The maximum absolute atomic E-state index is 13.0. The highest BCUT2D eigenvalue weighted by atomic mass is 35.5. The average molecular weight is 459 g/mol. The Kier molecular flexibility index (Phi) is 5.84. The van der Waals surface area contributed by atoms with Gasteiger partial charge in [0.25, 0.3) is 0 Å². The normalized spacial score (nSPS) is 11.5. The van der Waals surface area contributed by atoms with Gasteiger partial charge < -0.3 is 9.84 Å². The van der Waals surface area contributed by atoms with Gasteiger partial charge in [0.15, 0.2) is 0 Å². The first-order valence-corrected chi connectivity index (χ1v) is 10.0. The first-order valence-electron chi connectivity index (χ1n) is 9.65. The third-order valence-corrected chi connectivity index (χ3v) is 5.20. The van der Waals surface area contributed by atoms with Gasteiger partial charge in [-0.1, -0.05) is 53.6 Å². The molecule has 0 aliphatic carbocycles. The van der Waals surface area contributed by atoms with Gasteiger partial charge in [0.2, 0.25) is 0 Å². The zero-order chi connectivity index (χ0) is 22.9. The Morgan fingerprint density at radius 3 is 2.31 bits per heavy atom. The smallest absolute Gasteiger partial charge is 0.432 e. The van der Waals surface area contributed by atoms with E-state index in [9.17, 15) is 18.3 Å². The summed E-state index contributed by atoms with van der Waals surface area (Å²) in [6.45, 7) is 2.15. The molecule has 32 heavy (non-hydrogen) atoms. The highest BCUT2D eigenvalue weighted by Crippen LogP contribution is 2.44. The molecule has 0 fully saturated rings. The van der Waals surface area contributed by atoms with Gasteiger partial charge in [-0.15, -0.1) is 0 Å². The predicted molar refractivity (Wildman–Crippen MR) is 117 cm³/mol. The molecule has 0 amide bonds. The second-order valence-corrected chi connectivity index (χ2v) is 7.72. The zero-order valence-electron chi connectivity index (χ0n) is 16.9. The van der Waals surface area contributed by atoms with Gasteiger partial charge in [-0.05, 0) is 48.4 Å².